The highest BCUT2D eigenvalue weighted by Gasteiger charge is 2.33. The molecule has 1 saturated heterocycles. The first-order chi connectivity index (χ1) is 8.35. The van der Waals surface area contributed by atoms with Crippen molar-refractivity contribution in [2.75, 3.05) is 19.6 Å². The van der Waals surface area contributed by atoms with Gasteiger partial charge in [-0.15, -0.1) is 0 Å². The second-order valence-corrected chi connectivity index (χ2v) is 5.79. The maximum atomic E-state index is 12.3. The van der Waals surface area contributed by atoms with Gasteiger partial charge >= 0.3 is 5.97 Å². The summed E-state index contributed by atoms with van der Waals surface area (Å²) in [7, 11) is 0. The highest BCUT2D eigenvalue weighted by molar-refractivity contribution is 5.83. The summed E-state index contributed by atoms with van der Waals surface area (Å²) in [6.07, 6.45) is 1.32. The average Bonchev–Trinajstić information content (AvgIpc) is 2.36. The quantitative estimate of drug-likeness (QED) is 0.772. The van der Waals surface area contributed by atoms with Crippen LogP contribution in [0.3, 0.4) is 0 Å². The van der Waals surface area contributed by atoms with E-state index < -0.39 is 5.97 Å². The maximum absolute atomic E-state index is 12.3. The van der Waals surface area contributed by atoms with Crippen LogP contribution >= 0.6 is 0 Å². The van der Waals surface area contributed by atoms with Crippen LogP contribution in [0.15, 0.2) is 0 Å². The zero-order chi connectivity index (χ0) is 13.8. The highest BCUT2D eigenvalue weighted by Crippen LogP contribution is 2.21. The van der Waals surface area contributed by atoms with Crippen LogP contribution in [-0.2, 0) is 9.59 Å². The molecular weight excluding hydrogens is 232 g/mol. The summed E-state index contributed by atoms with van der Waals surface area (Å²) in [5.74, 6) is -0.807. The standard InChI is InChI=1S/C13H24N2O3/c1-4-7-15-9-13(2,3)8-14-10(12(15)18)5-6-11(16)17/h10,14H,4-9H2,1-3H3,(H,16,17). The molecule has 1 aliphatic rings. The summed E-state index contributed by atoms with van der Waals surface area (Å²) in [5.41, 5.74) is 0.0306. The summed E-state index contributed by atoms with van der Waals surface area (Å²) < 4.78 is 0. The Morgan fingerprint density at radius 1 is 1.56 bits per heavy atom. The van der Waals surface area contributed by atoms with Gasteiger partial charge in [0.2, 0.25) is 5.91 Å². The van der Waals surface area contributed by atoms with Gasteiger partial charge < -0.3 is 15.3 Å². The number of carboxylic acid groups (broad SMARTS) is 1. The Morgan fingerprint density at radius 3 is 2.78 bits per heavy atom. The smallest absolute Gasteiger partial charge is 0.303 e. The van der Waals surface area contributed by atoms with Crippen molar-refractivity contribution in [3.05, 3.63) is 0 Å². The van der Waals surface area contributed by atoms with Crippen LogP contribution < -0.4 is 5.32 Å². The van der Waals surface area contributed by atoms with Crippen molar-refractivity contribution in [1.29, 1.82) is 0 Å². The number of nitrogens with zero attached hydrogens (tertiary/aromatic N) is 1. The van der Waals surface area contributed by atoms with Gasteiger partial charge in [0.05, 0.1) is 6.04 Å². The number of nitrogens with one attached hydrogen (secondary N) is 1. The molecule has 0 bridgehead atoms. The van der Waals surface area contributed by atoms with Crippen LogP contribution in [0, 0.1) is 5.41 Å². The van der Waals surface area contributed by atoms with Crippen LogP contribution in [0.4, 0.5) is 0 Å². The molecular formula is C13H24N2O3. The lowest BCUT2D eigenvalue weighted by Gasteiger charge is -2.29. The normalized spacial score (nSPS) is 23.8. The van der Waals surface area contributed by atoms with E-state index >= 15 is 0 Å². The third-order valence-electron chi connectivity index (χ3n) is 3.20. The maximum Gasteiger partial charge on any atom is 0.303 e. The van der Waals surface area contributed by atoms with E-state index in [9.17, 15) is 9.59 Å². The van der Waals surface area contributed by atoms with Crippen LogP contribution in [0.5, 0.6) is 0 Å². The molecule has 0 radical (unpaired) electrons. The number of rotatable bonds is 5. The second-order valence-electron chi connectivity index (χ2n) is 5.79. The predicted molar refractivity (Wildman–Crippen MR) is 69.3 cm³/mol. The van der Waals surface area contributed by atoms with Gasteiger partial charge in [0.25, 0.3) is 0 Å². The third kappa shape index (κ3) is 4.29. The van der Waals surface area contributed by atoms with Gasteiger partial charge in [-0.1, -0.05) is 20.8 Å². The largest absolute Gasteiger partial charge is 0.481 e. The second kappa shape index (κ2) is 6.18. The van der Waals surface area contributed by atoms with Crippen LogP contribution in [0.25, 0.3) is 0 Å². The first-order valence-corrected chi connectivity index (χ1v) is 6.59. The van der Waals surface area contributed by atoms with Gasteiger partial charge in [-0.3, -0.25) is 9.59 Å². The molecule has 2 N–H and O–H groups in total. The lowest BCUT2D eigenvalue weighted by atomic mass is 9.93. The Morgan fingerprint density at radius 2 is 2.22 bits per heavy atom. The number of aliphatic carboxylic acids is 1. The van der Waals surface area contributed by atoms with Gasteiger partial charge in [0, 0.05) is 26.1 Å². The first-order valence-electron chi connectivity index (χ1n) is 6.59. The number of amides is 1. The molecule has 0 spiro atoms. The summed E-state index contributed by atoms with van der Waals surface area (Å²) in [5, 5.41) is 11.9. The number of hydrogen-bond acceptors (Lipinski definition) is 3. The molecule has 5 nitrogen and oxygen atoms in total. The zero-order valence-electron chi connectivity index (χ0n) is 11.5. The fourth-order valence-electron chi connectivity index (χ4n) is 2.31. The van der Waals surface area contributed by atoms with Gasteiger partial charge in [0.15, 0.2) is 0 Å². The van der Waals surface area contributed by atoms with Gasteiger partial charge in [-0.05, 0) is 18.3 Å². The van der Waals surface area contributed by atoms with Crippen molar-refractivity contribution < 1.29 is 14.7 Å². The Hall–Kier alpha value is -1.10. The summed E-state index contributed by atoms with van der Waals surface area (Å²) in [6, 6.07) is -0.352. The van der Waals surface area contributed by atoms with Crippen molar-refractivity contribution in [2.24, 2.45) is 5.41 Å². The summed E-state index contributed by atoms with van der Waals surface area (Å²) in [6.45, 7) is 8.50. The van der Waals surface area contributed by atoms with E-state index in [1.807, 2.05) is 11.8 Å². The Kier molecular flexibility index (Phi) is 5.14. The minimum atomic E-state index is -0.852. The summed E-state index contributed by atoms with van der Waals surface area (Å²) in [4.78, 5) is 24.8. The van der Waals surface area contributed by atoms with Crippen molar-refractivity contribution in [2.45, 2.75) is 46.1 Å². The SMILES string of the molecule is CCCN1CC(C)(C)CNC(CCC(=O)O)C1=O. The third-order valence-corrected chi connectivity index (χ3v) is 3.20. The van der Waals surface area contributed by atoms with E-state index in [0.29, 0.717) is 6.42 Å². The molecule has 1 aliphatic heterocycles. The monoisotopic (exact) mass is 256 g/mol. The van der Waals surface area contributed by atoms with E-state index in [1.54, 1.807) is 0 Å². The number of hydrogen-bond donors (Lipinski definition) is 2. The Bertz CT molecular complexity index is 315. The van der Waals surface area contributed by atoms with E-state index in [1.165, 1.54) is 0 Å². The van der Waals surface area contributed by atoms with Crippen LogP contribution in [0.1, 0.15) is 40.0 Å². The molecule has 0 aromatic heterocycles. The molecule has 0 aromatic rings. The van der Waals surface area contributed by atoms with E-state index in [0.717, 1.165) is 26.1 Å². The molecule has 0 aliphatic carbocycles. The predicted octanol–water partition coefficient (Wildman–Crippen LogP) is 1.09. The Labute approximate surface area is 109 Å². The highest BCUT2D eigenvalue weighted by atomic mass is 16.4. The zero-order valence-corrected chi connectivity index (χ0v) is 11.5. The molecule has 1 fully saturated rings. The van der Waals surface area contributed by atoms with Gasteiger partial charge in [-0.25, -0.2) is 0 Å². The number of carbonyl (C=O) groups excluding carboxylic acids is 1. The number of carbonyl (C=O) groups is 2. The minimum Gasteiger partial charge on any atom is -0.481 e. The number of carboxylic acids is 1. The molecule has 0 saturated carbocycles. The molecule has 104 valence electrons. The molecule has 1 amide bonds. The topological polar surface area (TPSA) is 69.6 Å². The molecule has 1 heterocycles. The van der Waals surface area contributed by atoms with E-state index in [-0.39, 0.29) is 23.8 Å². The fraction of sp³-hybridized carbons (Fsp3) is 0.846. The fourth-order valence-corrected chi connectivity index (χ4v) is 2.31. The van der Waals surface area contributed by atoms with Crippen molar-refractivity contribution in [3.8, 4) is 0 Å². The molecule has 5 heteroatoms. The molecule has 1 rings (SSSR count). The Balaban J connectivity index is 2.73. The molecule has 18 heavy (non-hydrogen) atoms. The average molecular weight is 256 g/mol. The first kappa shape index (κ1) is 15.0. The lowest BCUT2D eigenvalue weighted by Crippen LogP contribution is -2.44. The molecule has 1 unspecified atom stereocenters. The van der Waals surface area contributed by atoms with Gasteiger partial charge in [0.1, 0.15) is 0 Å². The van der Waals surface area contributed by atoms with Crippen molar-refractivity contribution in [3.63, 3.8) is 0 Å². The summed E-state index contributed by atoms with van der Waals surface area (Å²) >= 11 is 0. The minimum absolute atomic E-state index is 0.0306. The van der Waals surface area contributed by atoms with E-state index in [4.69, 9.17) is 5.11 Å². The van der Waals surface area contributed by atoms with Crippen LogP contribution in [-0.4, -0.2) is 47.6 Å². The lowest BCUT2D eigenvalue weighted by molar-refractivity contribution is -0.137. The van der Waals surface area contributed by atoms with E-state index in [2.05, 4.69) is 19.2 Å². The molecule has 0 aromatic carbocycles. The van der Waals surface area contributed by atoms with Gasteiger partial charge in [-0.2, -0.15) is 0 Å². The van der Waals surface area contributed by atoms with Crippen LogP contribution in [0.2, 0.25) is 0 Å². The molecule has 1 atom stereocenters. The van der Waals surface area contributed by atoms with Crippen molar-refractivity contribution in [1.82, 2.24) is 10.2 Å². The van der Waals surface area contributed by atoms with Crippen molar-refractivity contribution >= 4 is 11.9 Å².